The fourth-order valence-corrected chi connectivity index (χ4v) is 3.12. The molecule has 9 heteroatoms. The van der Waals surface area contributed by atoms with Gasteiger partial charge in [0.2, 0.25) is 10.0 Å². The summed E-state index contributed by atoms with van der Waals surface area (Å²) in [4.78, 5) is 3.92. The van der Waals surface area contributed by atoms with Crippen LogP contribution in [0.2, 0.25) is 0 Å². The van der Waals surface area contributed by atoms with Gasteiger partial charge in [-0.1, -0.05) is 5.21 Å². The van der Waals surface area contributed by atoms with Crippen LogP contribution in [-0.4, -0.2) is 28.4 Å². The Morgan fingerprint density at radius 3 is 2.67 bits per heavy atom. The number of aryl methyl sites for hydroxylation is 1. The van der Waals surface area contributed by atoms with Gasteiger partial charge in [-0.25, -0.2) is 22.2 Å². The van der Waals surface area contributed by atoms with Gasteiger partial charge < -0.3 is 0 Å². The van der Waals surface area contributed by atoms with Gasteiger partial charge in [0, 0.05) is 12.4 Å². The van der Waals surface area contributed by atoms with Gasteiger partial charge in [-0.3, -0.25) is 4.98 Å². The van der Waals surface area contributed by atoms with Crippen molar-refractivity contribution in [3.8, 4) is 5.69 Å². The number of hydrogen-bond acceptors (Lipinski definition) is 5. The number of pyridine rings is 1. The molecule has 24 heavy (non-hydrogen) atoms. The molecule has 2 aromatic heterocycles. The molecule has 1 aromatic carbocycles. The molecule has 0 bridgehead atoms. The SMILES string of the molecule is Cc1cc(S(=O)(=O)NCc2cn(-c3ccncc3)nn2)ccc1F. The second-order valence-electron chi connectivity index (χ2n) is 5.10. The van der Waals surface area contributed by atoms with Crippen LogP contribution in [0, 0.1) is 12.7 Å². The van der Waals surface area contributed by atoms with Crippen molar-refractivity contribution >= 4 is 10.0 Å². The average molecular weight is 347 g/mol. The van der Waals surface area contributed by atoms with Crippen LogP contribution in [-0.2, 0) is 16.6 Å². The Bertz CT molecular complexity index is 957. The Balaban J connectivity index is 1.73. The van der Waals surface area contributed by atoms with Gasteiger partial charge in [-0.05, 0) is 42.8 Å². The van der Waals surface area contributed by atoms with Crippen molar-refractivity contribution in [1.82, 2.24) is 24.7 Å². The van der Waals surface area contributed by atoms with E-state index in [1.807, 2.05) is 0 Å². The van der Waals surface area contributed by atoms with Crippen LogP contribution in [0.5, 0.6) is 0 Å². The van der Waals surface area contributed by atoms with Crippen LogP contribution in [0.1, 0.15) is 11.3 Å². The molecule has 0 aliphatic rings. The van der Waals surface area contributed by atoms with Gasteiger partial charge in [0.1, 0.15) is 5.82 Å². The van der Waals surface area contributed by atoms with E-state index in [0.29, 0.717) is 5.69 Å². The van der Waals surface area contributed by atoms with E-state index >= 15 is 0 Å². The summed E-state index contributed by atoms with van der Waals surface area (Å²) in [6, 6.07) is 7.14. The molecule has 0 radical (unpaired) electrons. The fraction of sp³-hybridized carbons (Fsp3) is 0.133. The van der Waals surface area contributed by atoms with Crippen LogP contribution < -0.4 is 4.72 Å². The highest BCUT2D eigenvalue weighted by Crippen LogP contribution is 2.14. The van der Waals surface area contributed by atoms with Gasteiger partial charge in [0.15, 0.2) is 0 Å². The van der Waals surface area contributed by atoms with E-state index in [1.165, 1.54) is 23.7 Å². The molecule has 0 aliphatic carbocycles. The van der Waals surface area contributed by atoms with Crippen molar-refractivity contribution in [2.24, 2.45) is 0 Å². The van der Waals surface area contributed by atoms with Gasteiger partial charge in [-0.2, -0.15) is 0 Å². The van der Waals surface area contributed by atoms with Crippen LogP contribution in [0.4, 0.5) is 4.39 Å². The predicted octanol–water partition coefficient (Wildman–Crippen LogP) is 1.59. The summed E-state index contributed by atoms with van der Waals surface area (Å²) >= 11 is 0. The predicted molar refractivity (Wildman–Crippen MR) is 84.3 cm³/mol. The molecule has 3 aromatic rings. The Labute approximate surface area is 138 Å². The summed E-state index contributed by atoms with van der Waals surface area (Å²) in [5, 5.41) is 7.87. The largest absolute Gasteiger partial charge is 0.265 e. The van der Waals surface area contributed by atoms with Crippen LogP contribution in [0.25, 0.3) is 5.69 Å². The first-order valence-electron chi connectivity index (χ1n) is 7.03. The van der Waals surface area contributed by atoms with E-state index in [9.17, 15) is 12.8 Å². The van der Waals surface area contributed by atoms with E-state index in [1.54, 1.807) is 30.7 Å². The number of sulfonamides is 1. The minimum absolute atomic E-state index is 0.00271. The molecule has 124 valence electrons. The van der Waals surface area contributed by atoms with E-state index in [2.05, 4.69) is 20.0 Å². The topological polar surface area (TPSA) is 89.8 Å². The Kier molecular flexibility index (Phi) is 4.36. The average Bonchev–Trinajstić information content (AvgIpc) is 3.05. The quantitative estimate of drug-likeness (QED) is 0.757. The second kappa shape index (κ2) is 6.46. The third-order valence-electron chi connectivity index (χ3n) is 3.35. The summed E-state index contributed by atoms with van der Waals surface area (Å²) in [5.74, 6) is -0.450. The lowest BCUT2D eigenvalue weighted by Gasteiger charge is -2.06. The van der Waals surface area contributed by atoms with Gasteiger partial charge in [0.25, 0.3) is 0 Å². The van der Waals surface area contributed by atoms with Crippen molar-refractivity contribution in [3.63, 3.8) is 0 Å². The minimum atomic E-state index is -3.76. The van der Waals surface area contributed by atoms with E-state index < -0.39 is 15.8 Å². The van der Waals surface area contributed by atoms with Crippen LogP contribution >= 0.6 is 0 Å². The molecule has 0 atom stereocenters. The zero-order valence-corrected chi connectivity index (χ0v) is 13.5. The number of halogens is 1. The molecular formula is C15H14FN5O2S. The normalized spacial score (nSPS) is 11.6. The lowest BCUT2D eigenvalue weighted by atomic mass is 10.2. The Hall–Kier alpha value is -2.65. The molecule has 0 aliphatic heterocycles. The first-order valence-corrected chi connectivity index (χ1v) is 8.51. The van der Waals surface area contributed by atoms with Crippen molar-refractivity contribution in [1.29, 1.82) is 0 Å². The summed E-state index contributed by atoms with van der Waals surface area (Å²) in [6.07, 6.45) is 4.86. The molecule has 0 spiro atoms. The highest BCUT2D eigenvalue weighted by molar-refractivity contribution is 7.89. The summed E-state index contributed by atoms with van der Waals surface area (Å²) < 4.78 is 41.7. The molecule has 0 fully saturated rings. The fourth-order valence-electron chi connectivity index (χ4n) is 2.04. The van der Waals surface area contributed by atoms with Crippen LogP contribution in [0.3, 0.4) is 0 Å². The number of rotatable bonds is 5. The molecule has 7 nitrogen and oxygen atoms in total. The zero-order chi connectivity index (χ0) is 17.2. The maximum Gasteiger partial charge on any atom is 0.240 e. The molecule has 2 heterocycles. The summed E-state index contributed by atoms with van der Waals surface area (Å²) in [5.41, 5.74) is 1.48. The Morgan fingerprint density at radius 1 is 1.21 bits per heavy atom. The first-order chi connectivity index (χ1) is 11.5. The zero-order valence-electron chi connectivity index (χ0n) is 12.7. The lowest BCUT2D eigenvalue weighted by Crippen LogP contribution is -2.23. The smallest absolute Gasteiger partial charge is 0.240 e. The van der Waals surface area contributed by atoms with Gasteiger partial charge in [0.05, 0.1) is 29.0 Å². The maximum absolute atomic E-state index is 13.3. The third kappa shape index (κ3) is 3.47. The van der Waals surface area contributed by atoms with Crippen molar-refractivity contribution < 1.29 is 12.8 Å². The maximum atomic E-state index is 13.3. The third-order valence-corrected chi connectivity index (χ3v) is 4.75. The Morgan fingerprint density at radius 2 is 1.96 bits per heavy atom. The minimum Gasteiger partial charge on any atom is -0.265 e. The molecule has 0 saturated carbocycles. The number of hydrogen-bond donors (Lipinski definition) is 1. The summed E-state index contributed by atoms with van der Waals surface area (Å²) in [6.45, 7) is 1.48. The second-order valence-corrected chi connectivity index (χ2v) is 6.86. The standard InChI is InChI=1S/C15H14FN5O2S/c1-11-8-14(2-3-15(11)16)24(22,23)18-9-12-10-21(20-19-12)13-4-6-17-7-5-13/h2-8,10,18H,9H2,1H3. The molecule has 0 unspecified atom stereocenters. The first kappa shape index (κ1) is 16.2. The number of nitrogens with one attached hydrogen (secondary N) is 1. The van der Waals surface area contributed by atoms with Gasteiger partial charge >= 0.3 is 0 Å². The number of aromatic nitrogens is 4. The number of benzene rings is 1. The molecule has 0 saturated heterocycles. The van der Waals surface area contributed by atoms with E-state index in [4.69, 9.17) is 0 Å². The highest BCUT2D eigenvalue weighted by atomic mass is 32.2. The van der Waals surface area contributed by atoms with Crippen molar-refractivity contribution in [2.45, 2.75) is 18.4 Å². The molecule has 0 amide bonds. The van der Waals surface area contributed by atoms with E-state index in [0.717, 1.165) is 11.8 Å². The van der Waals surface area contributed by atoms with Crippen molar-refractivity contribution in [3.05, 3.63) is 66.0 Å². The highest BCUT2D eigenvalue weighted by Gasteiger charge is 2.16. The van der Waals surface area contributed by atoms with Crippen LogP contribution in [0.15, 0.2) is 53.8 Å². The van der Waals surface area contributed by atoms with Gasteiger partial charge in [-0.15, -0.1) is 5.10 Å². The number of nitrogens with zero attached hydrogens (tertiary/aromatic N) is 4. The molecular weight excluding hydrogens is 333 g/mol. The monoisotopic (exact) mass is 347 g/mol. The van der Waals surface area contributed by atoms with Crippen molar-refractivity contribution in [2.75, 3.05) is 0 Å². The lowest BCUT2D eigenvalue weighted by molar-refractivity contribution is 0.578. The van der Waals surface area contributed by atoms with E-state index in [-0.39, 0.29) is 17.0 Å². The molecule has 1 N–H and O–H groups in total. The summed E-state index contributed by atoms with van der Waals surface area (Å²) in [7, 11) is -3.76. The molecule has 3 rings (SSSR count).